The zero-order valence-corrected chi connectivity index (χ0v) is 12.1. The van der Waals surface area contributed by atoms with E-state index in [9.17, 15) is 12.8 Å². The molecular weight excluding hydrogens is 277 g/mol. The van der Waals surface area contributed by atoms with Crippen molar-refractivity contribution in [2.24, 2.45) is 5.73 Å². The number of hydrogen-bond donors (Lipinski definition) is 1. The summed E-state index contributed by atoms with van der Waals surface area (Å²) in [5.41, 5.74) is 6.44. The maximum Gasteiger partial charge on any atom is 0.154 e. The lowest BCUT2D eigenvalue weighted by molar-refractivity contribution is 0.481. The molecule has 1 atom stereocenters. The van der Waals surface area contributed by atoms with E-state index in [1.54, 1.807) is 13.8 Å². The summed E-state index contributed by atoms with van der Waals surface area (Å²) in [6.07, 6.45) is 1.34. The Balaban J connectivity index is 3.02. The van der Waals surface area contributed by atoms with Crippen LogP contribution in [0.2, 0.25) is 5.02 Å². The van der Waals surface area contributed by atoms with Crippen molar-refractivity contribution in [3.05, 3.63) is 34.6 Å². The minimum Gasteiger partial charge on any atom is -0.326 e. The van der Waals surface area contributed by atoms with Gasteiger partial charge in [0.05, 0.1) is 4.75 Å². The molecule has 0 spiro atoms. The van der Waals surface area contributed by atoms with Crippen molar-refractivity contribution in [3.8, 4) is 0 Å². The van der Waals surface area contributed by atoms with E-state index >= 15 is 0 Å². The molecule has 0 fully saturated rings. The smallest absolute Gasteiger partial charge is 0.154 e. The minimum absolute atomic E-state index is 0.205. The fraction of sp³-hybridized carbons (Fsp3) is 0.500. The van der Waals surface area contributed by atoms with Gasteiger partial charge in [-0.05, 0) is 44.0 Å². The molecule has 0 aromatic heterocycles. The summed E-state index contributed by atoms with van der Waals surface area (Å²) in [6, 6.07) is 3.30. The highest BCUT2D eigenvalue weighted by Gasteiger charge is 2.37. The molecule has 0 amide bonds. The molecule has 1 aromatic rings. The molecule has 0 saturated carbocycles. The predicted molar refractivity (Wildman–Crippen MR) is 72.0 cm³/mol. The van der Waals surface area contributed by atoms with Crippen LogP contribution in [0.1, 0.15) is 19.4 Å². The lowest BCUT2D eigenvalue weighted by Gasteiger charge is -2.30. The first kappa shape index (κ1) is 15.4. The van der Waals surface area contributed by atoms with Gasteiger partial charge in [-0.3, -0.25) is 0 Å². The van der Waals surface area contributed by atoms with E-state index in [1.165, 1.54) is 18.2 Å². The Kier molecular flexibility index (Phi) is 4.41. The molecule has 0 aliphatic heterocycles. The van der Waals surface area contributed by atoms with Gasteiger partial charge in [0.25, 0.3) is 0 Å². The van der Waals surface area contributed by atoms with Crippen molar-refractivity contribution in [2.45, 2.75) is 31.1 Å². The zero-order valence-electron chi connectivity index (χ0n) is 10.6. The second-order valence-corrected chi connectivity index (χ2v) is 7.93. The average molecular weight is 294 g/mol. The minimum atomic E-state index is -3.31. The SMILES string of the molecule is CC(C)(C(N)Cc1cc(F)ccc1Cl)S(C)(=O)=O. The van der Waals surface area contributed by atoms with Crippen LogP contribution in [0.5, 0.6) is 0 Å². The molecule has 0 heterocycles. The first-order valence-electron chi connectivity index (χ1n) is 5.45. The van der Waals surface area contributed by atoms with Gasteiger partial charge in [-0.25, -0.2) is 12.8 Å². The highest BCUT2D eigenvalue weighted by molar-refractivity contribution is 7.92. The molecule has 2 N–H and O–H groups in total. The molecule has 0 bridgehead atoms. The van der Waals surface area contributed by atoms with Crippen molar-refractivity contribution in [3.63, 3.8) is 0 Å². The largest absolute Gasteiger partial charge is 0.326 e. The summed E-state index contributed by atoms with van der Waals surface area (Å²) in [5.74, 6) is -0.418. The molecule has 0 aliphatic rings. The molecule has 6 heteroatoms. The van der Waals surface area contributed by atoms with Crippen LogP contribution in [-0.2, 0) is 16.3 Å². The monoisotopic (exact) mass is 293 g/mol. The maximum absolute atomic E-state index is 13.1. The summed E-state index contributed by atoms with van der Waals surface area (Å²) in [7, 11) is -3.31. The molecule has 3 nitrogen and oxygen atoms in total. The number of rotatable bonds is 4. The van der Waals surface area contributed by atoms with Gasteiger partial charge in [0.2, 0.25) is 0 Å². The molecule has 0 radical (unpaired) electrons. The summed E-state index contributed by atoms with van der Waals surface area (Å²) >= 11 is 5.93. The number of sulfone groups is 1. The third-order valence-corrected chi connectivity index (χ3v) is 5.88. The van der Waals surface area contributed by atoms with E-state index in [0.717, 1.165) is 6.26 Å². The van der Waals surface area contributed by atoms with Crippen LogP contribution in [0, 0.1) is 5.82 Å². The van der Waals surface area contributed by atoms with Crippen LogP contribution in [-0.4, -0.2) is 25.5 Å². The maximum atomic E-state index is 13.1. The quantitative estimate of drug-likeness (QED) is 0.925. The highest BCUT2D eigenvalue weighted by Crippen LogP contribution is 2.25. The van der Waals surface area contributed by atoms with Gasteiger partial charge in [-0.1, -0.05) is 11.6 Å². The average Bonchev–Trinajstić information content (AvgIpc) is 2.21. The molecule has 0 saturated heterocycles. The van der Waals surface area contributed by atoms with E-state index in [4.69, 9.17) is 17.3 Å². The molecule has 0 aliphatic carbocycles. The van der Waals surface area contributed by atoms with Gasteiger partial charge in [0.1, 0.15) is 5.82 Å². The Morgan fingerprint density at radius 3 is 2.50 bits per heavy atom. The molecule has 1 unspecified atom stereocenters. The molecular formula is C12H17ClFNO2S. The summed E-state index contributed by atoms with van der Waals surface area (Å²) in [5, 5.41) is 0.385. The van der Waals surface area contributed by atoms with Crippen LogP contribution in [0.4, 0.5) is 4.39 Å². The molecule has 102 valence electrons. The number of benzene rings is 1. The van der Waals surface area contributed by atoms with Gasteiger partial charge in [-0.2, -0.15) is 0 Å². The van der Waals surface area contributed by atoms with Gasteiger partial charge in [0.15, 0.2) is 9.84 Å². The van der Waals surface area contributed by atoms with E-state index in [-0.39, 0.29) is 6.42 Å². The first-order chi connectivity index (χ1) is 8.05. The summed E-state index contributed by atoms with van der Waals surface area (Å²) in [6.45, 7) is 3.11. The highest BCUT2D eigenvalue weighted by atomic mass is 35.5. The predicted octanol–water partition coefficient (Wildman–Crippen LogP) is 2.17. The van der Waals surface area contributed by atoms with Gasteiger partial charge in [-0.15, -0.1) is 0 Å². The molecule has 1 rings (SSSR count). The number of hydrogen-bond acceptors (Lipinski definition) is 3. The van der Waals surface area contributed by atoms with Crippen molar-refractivity contribution in [2.75, 3.05) is 6.26 Å². The fourth-order valence-corrected chi connectivity index (χ4v) is 2.29. The van der Waals surface area contributed by atoms with E-state index < -0.39 is 26.4 Å². The fourth-order valence-electron chi connectivity index (χ4n) is 1.46. The number of nitrogens with two attached hydrogens (primary N) is 1. The Hall–Kier alpha value is -0.650. The second-order valence-electron chi connectivity index (χ2n) is 4.92. The van der Waals surface area contributed by atoms with Crippen molar-refractivity contribution in [1.82, 2.24) is 0 Å². The Bertz CT molecular complexity index is 543. The van der Waals surface area contributed by atoms with E-state index in [2.05, 4.69) is 0 Å². The van der Waals surface area contributed by atoms with Crippen molar-refractivity contribution >= 4 is 21.4 Å². The lowest BCUT2D eigenvalue weighted by Crippen LogP contribution is -2.50. The molecule has 1 aromatic carbocycles. The topological polar surface area (TPSA) is 60.2 Å². The third-order valence-electron chi connectivity index (χ3n) is 3.30. The van der Waals surface area contributed by atoms with Crippen LogP contribution in [0.3, 0.4) is 0 Å². The van der Waals surface area contributed by atoms with Crippen molar-refractivity contribution in [1.29, 1.82) is 0 Å². The molecule has 18 heavy (non-hydrogen) atoms. The van der Waals surface area contributed by atoms with Gasteiger partial charge in [0, 0.05) is 17.3 Å². The third kappa shape index (κ3) is 3.22. The van der Waals surface area contributed by atoms with Gasteiger partial charge < -0.3 is 5.73 Å². The van der Waals surface area contributed by atoms with Crippen LogP contribution < -0.4 is 5.73 Å². The van der Waals surface area contributed by atoms with Gasteiger partial charge >= 0.3 is 0 Å². The van der Waals surface area contributed by atoms with Crippen LogP contribution in [0.25, 0.3) is 0 Å². The van der Waals surface area contributed by atoms with E-state index in [0.29, 0.717) is 10.6 Å². The van der Waals surface area contributed by atoms with E-state index in [1.807, 2.05) is 0 Å². The normalized spacial score (nSPS) is 14.6. The number of halogens is 2. The Morgan fingerprint density at radius 2 is 2.00 bits per heavy atom. The summed E-state index contributed by atoms with van der Waals surface area (Å²) in [4.78, 5) is 0. The second kappa shape index (κ2) is 5.15. The first-order valence-corrected chi connectivity index (χ1v) is 7.71. The zero-order chi connectivity index (χ0) is 14.1. The van der Waals surface area contributed by atoms with Crippen LogP contribution in [0.15, 0.2) is 18.2 Å². The Morgan fingerprint density at radius 1 is 1.44 bits per heavy atom. The van der Waals surface area contributed by atoms with Crippen LogP contribution >= 0.6 is 11.6 Å². The lowest BCUT2D eigenvalue weighted by atomic mass is 9.96. The van der Waals surface area contributed by atoms with Crippen molar-refractivity contribution < 1.29 is 12.8 Å². The Labute approximate surface area is 112 Å². The summed E-state index contributed by atoms with van der Waals surface area (Å²) < 4.78 is 35.3. The standard InChI is InChI=1S/C12H17ClFNO2S/c1-12(2,18(3,16)17)11(15)7-8-6-9(14)4-5-10(8)13/h4-6,11H,7,15H2,1-3H3.